The highest BCUT2D eigenvalue weighted by atomic mass is 16.5. The minimum atomic E-state index is -0.758. The Morgan fingerprint density at radius 2 is 2.00 bits per heavy atom. The van der Waals surface area contributed by atoms with Gasteiger partial charge in [-0.25, -0.2) is 0 Å². The summed E-state index contributed by atoms with van der Waals surface area (Å²) in [6.45, 7) is 8.07. The van der Waals surface area contributed by atoms with Gasteiger partial charge in [0.25, 0.3) is 0 Å². The number of hydrogen-bond donors (Lipinski definition) is 1. The lowest BCUT2D eigenvalue weighted by Gasteiger charge is -2.24. The maximum atomic E-state index is 10.5. The van der Waals surface area contributed by atoms with Crippen LogP contribution in [0.3, 0.4) is 0 Å². The molecule has 0 saturated carbocycles. The zero-order valence-corrected chi connectivity index (χ0v) is 12.1. The predicted octanol–water partition coefficient (Wildman–Crippen LogP) is 4.26. The van der Waals surface area contributed by atoms with Crippen LogP contribution in [0.1, 0.15) is 58.9 Å². The molecule has 0 spiro atoms. The highest BCUT2D eigenvalue weighted by molar-refractivity contribution is 5.32. The summed E-state index contributed by atoms with van der Waals surface area (Å²) in [6.07, 6.45) is 4.35. The zero-order valence-electron chi connectivity index (χ0n) is 12.1. The minimum absolute atomic E-state index is 0.158. The fraction of sp³-hybridized carbons (Fsp3) is 0.625. The van der Waals surface area contributed by atoms with Crippen molar-refractivity contribution in [3.63, 3.8) is 0 Å². The summed E-state index contributed by atoms with van der Waals surface area (Å²) in [5.41, 5.74) is 0.183. The van der Waals surface area contributed by atoms with E-state index in [1.165, 1.54) is 12.8 Å². The number of aliphatic hydroxyl groups is 1. The van der Waals surface area contributed by atoms with Gasteiger partial charge in [0.05, 0.1) is 11.7 Å². The van der Waals surface area contributed by atoms with Crippen molar-refractivity contribution in [2.75, 3.05) is 0 Å². The van der Waals surface area contributed by atoms with Gasteiger partial charge in [-0.3, -0.25) is 0 Å². The highest BCUT2D eigenvalue weighted by Gasteiger charge is 2.22. The molecule has 1 N–H and O–H groups in total. The first kappa shape index (κ1) is 15.0. The Hall–Kier alpha value is -1.02. The first-order valence-corrected chi connectivity index (χ1v) is 6.95. The summed E-state index contributed by atoms with van der Waals surface area (Å²) < 4.78 is 5.66. The lowest BCUT2D eigenvalue weighted by Crippen LogP contribution is -2.21. The quantitative estimate of drug-likeness (QED) is 0.733. The molecule has 1 unspecified atom stereocenters. The van der Waals surface area contributed by atoms with Gasteiger partial charge in [0.1, 0.15) is 5.75 Å². The molecule has 0 aliphatic heterocycles. The molecule has 0 saturated heterocycles. The fourth-order valence-electron chi connectivity index (χ4n) is 2.04. The van der Waals surface area contributed by atoms with Crippen LogP contribution >= 0.6 is 0 Å². The van der Waals surface area contributed by atoms with Crippen molar-refractivity contribution in [2.45, 2.75) is 65.1 Å². The largest absolute Gasteiger partial charge is 0.491 e. The number of hydrogen-bond acceptors (Lipinski definition) is 2. The van der Waals surface area contributed by atoms with Crippen LogP contribution in [0.15, 0.2) is 24.3 Å². The maximum absolute atomic E-state index is 10.5. The van der Waals surface area contributed by atoms with Crippen LogP contribution < -0.4 is 4.74 Å². The highest BCUT2D eigenvalue weighted by Crippen LogP contribution is 2.29. The third kappa shape index (κ3) is 4.69. The Balaban J connectivity index is 2.74. The van der Waals surface area contributed by atoms with Crippen molar-refractivity contribution in [1.82, 2.24) is 0 Å². The van der Waals surface area contributed by atoms with E-state index in [1.54, 1.807) is 0 Å². The second-order valence-corrected chi connectivity index (χ2v) is 5.43. The molecular weight excluding hydrogens is 224 g/mol. The van der Waals surface area contributed by atoms with E-state index in [9.17, 15) is 5.11 Å². The van der Waals surface area contributed by atoms with Gasteiger partial charge >= 0.3 is 0 Å². The lowest BCUT2D eigenvalue weighted by atomic mass is 9.90. The van der Waals surface area contributed by atoms with Crippen LogP contribution in [0.2, 0.25) is 0 Å². The number of ether oxygens (including phenoxy) is 1. The van der Waals surface area contributed by atoms with Crippen molar-refractivity contribution < 1.29 is 9.84 Å². The maximum Gasteiger partial charge on any atom is 0.120 e. The molecule has 0 aromatic heterocycles. The van der Waals surface area contributed by atoms with E-state index in [1.807, 2.05) is 45.0 Å². The normalized spacial score (nSPS) is 14.6. The summed E-state index contributed by atoms with van der Waals surface area (Å²) >= 11 is 0. The van der Waals surface area contributed by atoms with Gasteiger partial charge in [0.2, 0.25) is 0 Å². The van der Waals surface area contributed by atoms with Crippen LogP contribution in [0.5, 0.6) is 5.75 Å². The molecule has 102 valence electrons. The number of benzene rings is 1. The van der Waals surface area contributed by atoms with E-state index in [4.69, 9.17) is 4.74 Å². The first-order valence-electron chi connectivity index (χ1n) is 6.95. The fourth-order valence-corrected chi connectivity index (χ4v) is 2.04. The van der Waals surface area contributed by atoms with Crippen molar-refractivity contribution >= 4 is 0 Å². The number of unbranched alkanes of at least 4 members (excludes halogenated alkanes) is 2. The third-order valence-corrected chi connectivity index (χ3v) is 3.09. The second-order valence-electron chi connectivity index (χ2n) is 5.43. The summed E-state index contributed by atoms with van der Waals surface area (Å²) in [5.74, 6) is 0.832. The molecule has 2 heteroatoms. The van der Waals surface area contributed by atoms with Crippen molar-refractivity contribution in [3.8, 4) is 5.75 Å². The molecule has 1 rings (SSSR count). The molecular formula is C16H26O2. The summed E-state index contributed by atoms with van der Waals surface area (Å²) in [4.78, 5) is 0. The van der Waals surface area contributed by atoms with Gasteiger partial charge in [-0.2, -0.15) is 0 Å². The minimum Gasteiger partial charge on any atom is -0.491 e. The molecule has 0 fully saturated rings. The van der Waals surface area contributed by atoms with E-state index in [0.717, 1.165) is 24.2 Å². The summed E-state index contributed by atoms with van der Waals surface area (Å²) in [5, 5.41) is 10.5. The van der Waals surface area contributed by atoms with E-state index in [2.05, 4.69) is 6.92 Å². The second kappa shape index (κ2) is 6.79. The molecule has 0 aliphatic rings. The van der Waals surface area contributed by atoms with Crippen LogP contribution in [0, 0.1) is 0 Å². The molecule has 0 amide bonds. The Labute approximate surface area is 111 Å². The molecule has 1 aromatic rings. The van der Waals surface area contributed by atoms with E-state index >= 15 is 0 Å². The predicted molar refractivity (Wildman–Crippen MR) is 75.9 cm³/mol. The standard InChI is InChI=1S/C16H26O2/c1-5-6-7-11-16(4,17)14-9-8-10-15(12-14)18-13(2)3/h8-10,12-13,17H,5-7,11H2,1-4H3. The lowest BCUT2D eigenvalue weighted by molar-refractivity contribution is 0.0446. The molecule has 0 aliphatic carbocycles. The average Bonchev–Trinajstić information content (AvgIpc) is 2.28. The molecule has 1 aromatic carbocycles. The smallest absolute Gasteiger partial charge is 0.120 e. The zero-order chi connectivity index (χ0) is 13.6. The Kier molecular flexibility index (Phi) is 5.67. The third-order valence-electron chi connectivity index (χ3n) is 3.09. The molecule has 2 nitrogen and oxygen atoms in total. The average molecular weight is 250 g/mol. The van der Waals surface area contributed by atoms with Crippen molar-refractivity contribution in [1.29, 1.82) is 0 Å². The van der Waals surface area contributed by atoms with E-state index in [-0.39, 0.29) is 6.10 Å². The molecule has 0 radical (unpaired) electrons. The van der Waals surface area contributed by atoms with Gasteiger partial charge in [0.15, 0.2) is 0 Å². The van der Waals surface area contributed by atoms with Gasteiger partial charge in [0, 0.05) is 0 Å². The van der Waals surface area contributed by atoms with Crippen LogP contribution in [-0.2, 0) is 5.60 Å². The molecule has 0 bridgehead atoms. The van der Waals surface area contributed by atoms with Crippen molar-refractivity contribution in [2.24, 2.45) is 0 Å². The monoisotopic (exact) mass is 250 g/mol. The van der Waals surface area contributed by atoms with Crippen LogP contribution in [-0.4, -0.2) is 11.2 Å². The van der Waals surface area contributed by atoms with Crippen molar-refractivity contribution in [3.05, 3.63) is 29.8 Å². The van der Waals surface area contributed by atoms with Gasteiger partial charge in [-0.1, -0.05) is 38.3 Å². The van der Waals surface area contributed by atoms with Crippen LogP contribution in [0.4, 0.5) is 0 Å². The molecule has 18 heavy (non-hydrogen) atoms. The van der Waals surface area contributed by atoms with E-state index in [0.29, 0.717) is 0 Å². The van der Waals surface area contributed by atoms with Gasteiger partial charge in [-0.15, -0.1) is 0 Å². The molecule has 1 atom stereocenters. The summed E-state index contributed by atoms with van der Waals surface area (Å²) in [7, 11) is 0. The van der Waals surface area contributed by atoms with E-state index < -0.39 is 5.60 Å². The Morgan fingerprint density at radius 1 is 1.28 bits per heavy atom. The first-order chi connectivity index (χ1) is 8.45. The SMILES string of the molecule is CCCCCC(C)(O)c1cccc(OC(C)C)c1. The van der Waals surface area contributed by atoms with Gasteiger partial charge in [-0.05, 0) is 44.9 Å². The number of rotatable bonds is 7. The van der Waals surface area contributed by atoms with Crippen LogP contribution in [0.25, 0.3) is 0 Å². The molecule has 0 heterocycles. The van der Waals surface area contributed by atoms with Gasteiger partial charge < -0.3 is 9.84 Å². The topological polar surface area (TPSA) is 29.5 Å². The Bertz CT molecular complexity index is 356. The summed E-state index contributed by atoms with van der Waals surface area (Å²) in [6, 6.07) is 7.80. The Morgan fingerprint density at radius 3 is 2.61 bits per heavy atom.